The van der Waals surface area contributed by atoms with Gasteiger partial charge >= 0.3 is 0 Å². The molecule has 1 saturated heterocycles. The summed E-state index contributed by atoms with van der Waals surface area (Å²) in [5, 5.41) is 6.77. The minimum Gasteiger partial charge on any atom is -0.381 e. The highest BCUT2D eigenvalue weighted by molar-refractivity contribution is 5.41. The summed E-state index contributed by atoms with van der Waals surface area (Å²) in [5.41, 5.74) is 1.06. The summed E-state index contributed by atoms with van der Waals surface area (Å²) in [6.07, 6.45) is 4.13. The van der Waals surface area contributed by atoms with E-state index in [1.54, 1.807) is 17.7 Å². The van der Waals surface area contributed by atoms with Crippen LogP contribution < -0.4 is 16.2 Å². The Balaban J connectivity index is 2.03. The molecule has 4 nitrogen and oxygen atoms in total. The molecule has 0 spiro atoms. The molecular formula is C11H17N3O. The summed E-state index contributed by atoms with van der Waals surface area (Å²) in [4.78, 5) is 11.2. The van der Waals surface area contributed by atoms with Gasteiger partial charge in [0.05, 0.1) is 5.69 Å². The normalized spacial score (nSPS) is 17.7. The van der Waals surface area contributed by atoms with Crippen LogP contribution >= 0.6 is 0 Å². The molecule has 2 rings (SSSR count). The van der Waals surface area contributed by atoms with E-state index in [1.807, 2.05) is 12.3 Å². The molecule has 0 unspecified atom stereocenters. The molecule has 0 radical (unpaired) electrons. The zero-order chi connectivity index (χ0) is 10.7. The van der Waals surface area contributed by atoms with E-state index >= 15 is 0 Å². The second kappa shape index (κ2) is 4.49. The minimum absolute atomic E-state index is 0.0332. The second-order valence-electron chi connectivity index (χ2n) is 4.04. The lowest BCUT2D eigenvalue weighted by molar-refractivity contribution is 0.479. The van der Waals surface area contributed by atoms with Crippen molar-refractivity contribution in [2.24, 2.45) is 7.05 Å². The molecule has 2 N–H and O–H groups in total. The molecule has 1 aromatic rings. The minimum atomic E-state index is 0.0332. The van der Waals surface area contributed by atoms with Crippen LogP contribution in [0.4, 0.5) is 5.69 Å². The Morgan fingerprint density at radius 1 is 1.40 bits per heavy atom. The van der Waals surface area contributed by atoms with Gasteiger partial charge in [-0.1, -0.05) is 0 Å². The van der Waals surface area contributed by atoms with Crippen LogP contribution in [-0.4, -0.2) is 23.7 Å². The van der Waals surface area contributed by atoms with Gasteiger partial charge in [0.25, 0.3) is 0 Å². The van der Waals surface area contributed by atoms with E-state index in [4.69, 9.17) is 0 Å². The highest BCUT2D eigenvalue weighted by Gasteiger charge is 2.12. The van der Waals surface area contributed by atoms with Gasteiger partial charge in [-0.25, -0.2) is 0 Å². The second-order valence-corrected chi connectivity index (χ2v) is 4.04. The summed E-state index contributed by atoms with van der Waals surface area (Å²) < 4.78 is 1.60. The maximum absolute atomic E-state index is 11.2. The van der Waals surface area contributed by atoms with Crippen molar-refractivity contribution in [2.75, 3.05) is 18.4 Å². The number of piperidine rings is 1. The first kappa shape index (κ1) is 10.2. The van der Waals surface area contributed by atoms with Gasteiger partial charge in [-0.2, -0.15) is 0 Å². The molecule has 1 fully saturated rings. The topological polar surface area (TPSA) is 46.1 Å². The Labute approximate surface area is 89.3 Å². The lowest BCUT2D eigenvalue weighted by atomic mass is 10.1. The van der Waals surface area contributed by atoms with Crippen molar-refractivity contribution in [3.63, 3.8) is 0 Å². The van der Waals surface area contributed by atoms with Crippen LogP contribution in [0.1, 0.15) is 12.8 Å². The van der Waals surface area contributed by atoms with Gasteiger partial charge in [0.1, 0.15) is 0 Å². The maximum atomic E-state index is 11.2. The third-order valence-corrected chi connectivity index (χ3v) is 2.80. The van der Waals surface area contributed by atoms with Gasteiger partial charge in [0.15, 0.2) is 0 Å². The number of rotatable bonds is 2. The lowest BCUT2D eigenvalue weighted by Gasteiger charge is -2.24. The number of aromatic nitrogens is 1. The molecule has 0 bridgehead atoms. The van der Waals surface area contributed by atoms with Crippen LogP contribution in [0.15, 0.2) is 23.1 Å². The molecule has 0 aromatic carbocycles. The fourth-order valence-electron chi connectivity index (χ4n) is 1.88. The summed E-state index contributed by atoms with van der Waals surface area (Å²) in [7, 11) is 1.77. The van der Waals surface area contributed by atoms with Crippen LogP contribution in [-0.2, 0) is 7.05 Å². The van der Waals surface area contributed by atoms with Crippen molar-refractivity contribution in [1.29, 1.82) is 0 Å². The van der Waals surface area contributed by atoms with Crippen LogP contribution in [0.25, 0.3) is 0 Å². The van der Waals surface area contributed by atoms with Gasteiger partial charge in [-0.05, 0) is 32.0 Å². The molecule has 0 atom stereocenters. The summed E-state index contributed by atoms with van der Waals surface area (Å²) in [6, 6.07) is 3.98. The van der Waals surface area contributed by atoms with Crippen molar-refractivity contribution < 1.29 is 0 Å². The first-order valence-corrected chi connectivity index (χ1v) is 5.39. The predicted molar refractivity (Wildman–Crippen MR) is 61.2 cm³/mol. The van der Waals surface area contributed by atoms with Crippen molar-refractivity contribution in [3.8, 4) is 0 Å². The average molecular weight is 207 g/mol. The van der Waals surface area contributed by atoms with E-state index < -0.39 is 0 Å². The number of hydrogen-bond acceptors (Lipinski definition) is 3. The molecule has 4 heteroatoms. The number of aryl methyl sites for hydroxylation is 1. The number of nitrogens with zero attached hydrogens (tertiary/aromatic N) is 1. The average Bonchev–Trinajstić information content (AvgIpc) is 2.25. The Bertz CT molecular complexity index is 380. The van der Waals surface area contributed by atoms with Gasteiger partial charge in [0, 0.05) is 25.4 Å². The smallest absolute Gasteiger partial charge is 0.250 e. The van der Waals surface area contributed by atoms with E-state index in [0.29, 0.717) is 6.04 Å². The fourth-order valence-corrected chi connectivity index (χ4v) is 1.88. The molecular weight excluding hydrogens is 190 g/mol. The number of nitrogens with one attached hydrogen (secondary N) is 2. The molecule has 1 aliphatic heterocycles. The number of hydrogen-bond donors (Lipinski definition) is 2. The van der Waals surface area contributed by atoms with E-state index in [0.717, 1.165) is 31.6 Å². The highest BCUT2D eigenvalue weighted by atomic mass is 16.1. The molecule has 82 valence electrons. The van der Waals surface area contributed by atoms with Crippen LogP contribution in [0.2, 0.25) is 0 Å². The first-order chi connectivity index (χ1) is 7.25. The summed E-state index contributed by atoms with van der Waals surface area (Å²) in [5.74, 6) is 0. The number of anilines is 1. The molecule has 1 aromatic heterocycles. The highest BCUT2D eigenvalue weighted by Crippen LogP contribution is 2.11. The maximum Gasteiger partial charge on any atom is 0.250 e. The van der Waals surface area contributed by atoms with Crippen LogP contribution in [0.5, 0.6) is 0 Å². The van der Waals surface area contributed by atoms with E-state index in [-0.39, 0.29) is 5.56 Å². The number of pyridine rings is 1. The molecule has 1 aliphatic rings. The van der Waals surface area contributed by atoms with Crippen molar-refractivity contribution in [2.45, 2.75) is 18.9 Å². The van der Waals surface area contributed by atoms with Gasteiger partial charge < -0.3 is 15.2 Å². The molecule has 0 aliphatic carbocycles. The SMILES string of the molecule is Cn1cc(NC2CCNCC2)ccc1=O. The fraction of sp³-hybridized carbons (Fsp3) is 0.545. The monoisotopic (exact) mass is 207 g/mol. The molecule has 2 heterocycles. The van der Waals surface area contributed by atoms with Gasteiger partial charge in [0.2, 0.25) is 5.56 Å². The van der Waals surface area contributed by atoms with Crippen molar-refractivity contribution >= 4 is 5.69 Å². The van der Waals surface area contributed by atoms with Crippen LogP contribution in [0.3, 0.4) is 0 Å². The standard InChI is InChI=1S/C11H17N3O/c1-14-8-10(2-3-11(14)15)13-9-4-6-12-7-5-9/h2-3,8-9,12-13H,4-7H2,1H3. The largest absolute Gasteiger partial charge is 0.381 e. The Kier molecular flexibility index (Phi) is 3.06. The third kappa shape index (κ3) is 2.59. The Hall–Kier alpha value is -1.29. The lowest BCUT2D eigenvalue weighted by Crippen LogP contribution is -2.35. The first-order valence-electron chi connectivity index (χ1n) is 5.39. The summed E-state index contributed by atoms with van der Waals surface area (Å²) >= 11 is 0. The zero-order valence-corrected chi connectivity index (χ0v) is 8.99. The van der Waals surface area contributed by atoms with E-state index in [2.05, 4.69) is 10.6 Å². The van der Waals surface area contributed by atoms with Gasteiger partial charge in [-0.15, -0.1) is 0 Å². The molecule has 0 amide bonds. The molecule has 0 saturated carbocycles. The Morgan fingerprint density at radius 3 is 2.80 bits per heavy atom. The Morgan fingerprint density at radius 2 is 2.13 bits per heavy atom. The predicted octanol–water partition coefficient (Wildman–Crippen LogP) is 0.549. The van der Waals surface area contributed by atoms with Crippen molar-refractivity contribution in [3.05, 3.63) is 28.7 Å². The van der Waals surface area contributed by atoms with Crippen molar-refractivity contribution in [1.82, 2.24) is 9.88 Å². The zero-order valence-electron chi connectivity index (χ0n) is 8.99. The third-order valence-electron chi connectivity index (χ3n) is 2.80. The molecule has 15 heavy (non-hydrogen) atoms. The van der Waals surface area contributed by atoms with Gasteiger partial charge in [-0.3, -0.25) is 4.79 Å². The quantitative estimate of drug-likeness (QED) is 0.744. The van der Waals surface area contributed by atoms with E-state index in [1.165, 1.54) is 0 Å². The van der Waals surface area contributed by atoms with E-state index in [9.17, 15) is 4.79 Å². The summed E-state index contributed by atoms with van der Waals surface area (Å²) in [6.45, 7) is 2.15. The van der Waals surface area contributed by atoms with Crippen LogP contribution in [0, 0.1) is 0 Å².